The minimum Gasteiger partial charge on any atom is -0.492 e. The molecule has 0 aromatic heterocycles. The van der Waals surface area contributed by atoms with E-state index in [0.29, 0.717) is 19.4 Å². The number of sulfone groups is 1. The lowest BCUT2D eigenvalue weighted by Crippen LogP contribution is -2.62. The van der Waals surface area contributed by atoms with Crippen molar-refractivity contribution in [2.75, 3.05) is 32.1 Å². The van der Waals surface area contributed by atoms with E-state index >= 15 is 0 Å². The fraction of sp³-hybridized carbons (Fsp3) is 0.840. The Kier molecular flexibility index (Phi) is 7.12. The Hall–Kier alpha value is -1.17. The third-order valence-electron chi connectivity index (χ3n) is 8.35. The van der Waals surface area contributed by atoms with E-state index in [2.05, 4.69) is 21.2 Å². The van der Waals surface area contributed by atoms with E-state index in [1.807, 2.05) is 0 Å². The van der Waals surface area contributed by atoms with Gasteiger partial charge in [0, 0.05) is 31.7 Å². The fourth-order valence-corrected chi connectivity index (χ4v) is 8.78. The molecule has 0 amide bonds. The molecule has 0 spiro atoms. The maximum Gasteiger partial charge on any atom is 0.155 e. The lowest BCUT2D eigenvalue weighted by molar-refractivity contribution is -0.270. The summed E-state index contributed by atoms with van der Waals surface area (Å²) in [6.07, 6.45) is 13.7. The number of ether oxygens (including phenoxy) is 2. The van der Waals surface area contributed by atoms with Crippen molar-refractivity contribution in [2.24, 2.45) is 0 Å². The van der Waals surface area contributed by atoms with Crippen LogP contribution in [0.2, 0.25) is 0 Å². The van der Waals surface area contributed by atoms with Crippen LogP contribution in [0.1, 0.15) is 70.6 Å². The van der Waals surface area contributed by atoms with E-state index in [1.165, 1.54) is 6.42 Å². The van der Waals surface area contributed by atoms with E-state index in [-0.39, 0.29) is 30.2 Å². The Morgan fingerprint density at radius 2 is 1.77 bits per heavy atom. The summed E-state index contributed by atoms with van der Waals surface area (Å²) in [6.45, 7) is 3.07. The van der Waals surface area contributed by atoms with Crippen LogP contribution in [0.4, 0.5) is 0 Å². The summed E-state index contributed by atoms with van der Waals surface area (Å²) in [5.41, 5.74) is 2.09. The first-order valence-electron chi connectivity index (χ1n) is 13.6. The zero-order chi connectivity index (χ0) is 23.8. The van der Waals surface area contributed by atoms with Gasteiger partial charge in [0.2, 0.25) is 0 Å². The number of hydrogen-bond donors (Lipinski definition) is 0. The van der Waals surface area contributed by atoms with Crippen molar-refractivity contribution < 1.29 is 27.7 Å². The van der Waals surface area contributed by atoms with Crippen molar-refractivity contribution in [3.05, 3.63) is 23.6 Å². The first kappa shape index (κ1) is 24.2. The van der Waals surface area contributed by atoms with Crippen molar-refractivity contribution >= 4 is 9.84 Å². The maximum atomic E-state index is 13.5. The lowest BCUT2D eigenvalue weighted by atomic mass is 9.91. The average Bonchev–Trinajstić information content (AvgIpc) is 3.62. The Labute approximate surface area is 208 Å². The first-order valence-corrected chi connectivity index (χ1v) is 15.4. The second-order valence-corrected chi connectivity index (χ2v) is 12.9. The van der Waals surface area contributed by atoms with Gasteiger partial charge in [-0.05, 0) is 63.9 Å². The normalized spacial score (nSPS) is 38.9. The SMILES string of the molecule is O=S1(=O)CCCC1C1C(C2CCOO2)=C(C2CCC=CO2)N(C2CCCCO2)N1N1CCCCC1. The van der Waals surface area contributed by atoms with E-state index in [0.717, 1.165) is 82.3 Å². The quantitative estimate of drug-likeness (QED) is 0.520. The average molecular weight is 510 g/mol. The van der Waals surface area contributed by atoms with Crippen LogP contribution in [-0.4, -0.2) is 85.3 Å². The summed E-state index contributed by atoms with van der Waals surface area (Å²) in [6, 6.07) is -0.317. The highest BCUT2D eigenvalue weighted by Crippen LogP contribution is 2.47. The van der Waals surface area contributed by atoms with Gasteiger partial charge in [0.15, 0.2) is 9.84 Å². The van der Waals surface area contributed by atoms with Gasteiger partial charge in [-0.15, -0.1) is 5.12 Å². The summed E-state index contributed by atoms with van der Waals surface area (Å²) in [4.78, 5) is 11.3. The Bertz CT molecular complexity index is 921. The molecule has 6 heterocycles. The summed E-state index contributed by atoms with van der Waals surface area (Å²) >= 11 is 0. The molecule has 6 aliphatic heterocycles. The molecular formula is C25H39N3O6S. The van der Waals surface area contributed by atoms with Gasteiger partial charge in [0.25, 0.3) is 0 Å². The van der Waals surface area contributed by atoms with Gasteiger partial charge in [0.05, 0.1) is 35.6 Å². The van der Waals surface area contributed by atoms with Crippen molar-refractivity contribution in [1.82, 2.24) is 15.1 Å². The topological polar surface area (TPSA) is 80.8 Å². The molecule has 6 aliphatic rings. The molecule has 0 aromatic carbocycles. The molecule has 0 N–H and O–H groups in total. The molecule has 10 heteroatoms. The van der Waals surface area contributed by atoms with Crippen molar-refractivity contribution in [3.8, 4) is 0 Å². The van der Waals surface area contributed by atoms with E-state index in [9.17, 15) is 8.42 Å². The first-order chi connectivity index (χ1) is 17.1. The summed E-state index contributed by atoms with van der Waals surface area (Å²) in [5.74, 6) is 0.259. The molecule has 5 unspecified atom stereocenters. The van der Waals surface area contributed by atoms with Gasteiger partial charge in [0.1, 0.15) is 18.4 Å². The second kappa shape index (κ2) is 10.3. The predicted molar refractivity (Wildman–Crippen MR) is 129 cm³/mol. The molecule has 0 aliphatic carbocycles. The zero-order valence-corrected chi connectivity index (χ0v) is 21.4. The van der Waals surface area contributed by atoms with Gasteiger partial charge in [-0.2, -0.15) is 0 Å². The fourth-order valence-electron chi connectivity index (χ4n) is 6.74. The summed E-state index contributed by atoms with van der Waals surface area (Å²) in [7, 11) is -3.23. The van der Waals surface area contributed by atoms with Gasteiger partial charge < -0.3 is 9.47 Å². The van der Waals surface area contributed by atoms with Gasteiger partial charge in [-0.3, -0.25) is 5.01 Å². The largest absolute Gasteiger partial charge is 0.492 e. The molecule has 9 nitrogen and oxygen atoms in total. The zero-order valence-electron chi connectivity index (χ0n) is 20.6. The molecule has 0 saturated carbocycles. The number of allylic oxidation sites excluding steroid dienone is 1. The second-order valence-electron chi connectivity index (χ2n) is 10.6. The van der Waals surface area contributed by atoms with Crippen LogP contribution in [0, 0.1) is 0 Å². The lowest BCUT2D eigenvalue weighted by Gasteiger charge is -2.49. The molecule has 196 valence electrons. The molecule has 35 heavy (non-hydrogen) atoms. The monoisotopic (exact) mass is 509 g/mol. The molecule has 6 rings (SSSR count). The number of hydrogen-bond acceptors (Lipinski definition) is 9. The van der Waals surface area contributed by atoms with E-state index in [4.69, 9.17) is 19.2 Å². The Balaban J connectivity index is 1.52. The van der Waals surface area contributed by atoms with Crippen molar-refractivity contribution in [1.29, 1.82) is 0 Å². The molecule has 0 bridgehead atoms. The standard InChI is InChI=1S/C25H39N3O6S/c29-35(30)18-8-10-21(35)25-23(19-12-17-33-34-19)24(20-9-2-6-15-31-20)27(22-11-3-7-16-32-22)28(25)26-13-4-1-5-14-26/h6,15,19-22,25H,1-5,7-14,16-18H2. The van der Waals surface area contributed by atoms with Crippen molar-refractivity contribution in [3.63, 3.8) is 0 Å². The van der Waals surface area contributed by atoms with Gasteiger partial charge >= 0.3 is 0 Å². The van der Waals surface area contributed by atoms with Crippen molar-refractivity contribution in [2.45, 2.75) is 100 Å². The van der Waals surface area contributed by atoms with Crippen LogP contribution in [0.5, 0.6) is 0 Å². The van der Waals surface area contributed by atoms with Crippen LogP contribution in [0.3, 0.4) is 0 Å². The highest BCUT2D eigenvalue weighted by molar-refractivity contribution is 7.92. The Morgan fingerprint density at radius 3 is 2.43 bits per heavy atom. The van der Waals surface area contributed by atoms with E-state index in [1.54, 1.807) is 6.26 Å². The number of nitrogens with zero attached hydrogens (tertiary/aromatic N) is 3. The summed E-state index contributed by atoms with van der Waals surface area (Å²) in [5, 5.41) is 6.54. The van der Waals surface area contributed by atoms with Crippen LogP contribution < -0.4 is 0 Å². The molecule has 0 aromatic rings. The number of rotatable bonds is 5. The number of hydrazine groups is 2. The van der Waals surface area contributed by atoms with Crippen LogP contribution in [0.15, 0.2) is 23.6 Å². The molecular weight excluding hydrogens is 470 g/mol. The molecule has 4 fully saturated rings. The minimum atomic E-state index is -3.23. The van der Waals surface area contributed by atoms with Crippen LogP contribution in [0.25, 0.3) is 0 Å². The van der Waals surface area contributed by atoms with Crippen LogP contribution in [-0.2, 0) is 29.1 Å². The molecule has 5 atom stereocenters. The van der Waals surface area contributed by atoms with Gasteiger partial charge in [-0.25, -0.2) is 23.2 Å². The third kappa shape index (κ3) is 4.55. The third-order valence-corrected chi connectivity index (χ3v) is 10.6. The molecule has 4 saturated heterocycles. The van der Waals surface area contributed by atoms with E-state index < -0.39 is 15.1 Å². The highest BCUT2D eigenvalue weighted by atomic mass is 32.2. The van der Waals surface area contributed by atoms with Gasteiger partial charge in [-0.1, -0.05) is 6.42 Å². The minimum absolute atomic E-state index is 0.137. The Morgan fingerprint density at radius 1 is 0.886 bits per heavy atom. The smallest absolute Gasteiger partial charge is 0.155 e. The maximum absolute atomic E-state index is 13.5. The highest BCUT2D eigenvalue weighted by Gasteiger charge is 2.56. The molecule has 0 radical (unpaired) electrons. The summed E-state index contributed by atoms with van der Waals surface area (Å²) < 4.78 is 39.6. The number of piperidine rings is 1. The predicted octanol–water partition coefficient (Wildman–Crippen LogP) is 3.06. The van der Waals surface area contributed by atoms with Crippen LogP contribution >= 0.6 is 0 Å².